The predicted octanol–water partition coefficient (Wildman–Crippen LogP) is 28.6. The van der Waals surface area contributed by atoms with Crippen molar-refractivity contribution < 1.29 is 150 Å². The van der Waals surface area contributed by atoms with E-state index in [-0.39, 0.29) is 155 Å². The fourth-order valence-corrected chi connectivity index (χ4v) is 13.1. The number of nitrogens with zero attached hydrogens (tertiary/aromatic N) is 6. The molecule has 17 rings (SSSR count). The van der Waals surface area contributed by atoms with Gasteiger partial charge in [-0.1, -0.05) is 218 Å². The van der Waals surface area contributed by atoms with Crippen LogP contribution < -0.4 is 0 Å². The number of aliphatic hydroxyl groups is 3. The van der Waals surface area contributed by atoms with Crippen molar-refractivity contribution in [3.8, 4) is 112 Å². The summed E-state index contributed by atoms with van der Waals surface area (Å²) < 4.78 is 0. The largest absolute Gasteiger partial charge is 0.512 e. The van der Waals surface area contributed by atoms with Crippen molar-refractivity contribution >= 4 is 28.3 Å². The standard InChI is InChI=1S/2C19H16N.2C18H14N.C17H14N.C11H8N.3C5H8O2.6Ir/c1-14-10-15(2)12-18(11-14)16-6-5-7-17(13-16)19-8-3-4-9-20-19;1-2-15-11-12-20-19(13-15)18-10-6-9-17(14-18)16-7-4-3-5-8-16;1-14-6-5-9-16(12-14)17-10-11-19-18(13-17)15-7-3-2-4-8-15;1-14-7-9-15(10-8-14)17-11-12-19-18(13-17)16-5-3-2-4-6-16;1-12-9-13(2)11-15(10-12)17-8-7-14-5-3-4-6-16(14)18-17;1-2-6-10(7-3-1)11-8-4-5-9-12-11;3*1-4(6)3-5(2)7;;;;;;/h3-6,8-13H,1-2H3;3-9,11-14H,2H2,1H3;2-7,9-13H,1H3;2-5,7-13H,1H3;3-10H,1-2H3;1-6,8-9H;3*3,6H,1-2H3;;;;;;/q6*-1;;;;;;;;;. The quantitative estimate of drug-likeness (QED) is 0.0532. The number of aliphatic hydroxyl groups excluding tert-OH is 3. The topological polar surface area (TPSA) is 189 Å². The number of fused-ring (bicyclic) bond motifs is 1. The Morgan fingerprint density at radius 3 is 1.13 bits per heavy atom. The first-order valence-corrected chi connectivity index (χ1v) is 42.2. The Labute approximate surface area is 877 Å². The van der Waals surface area contributed by atoms with E-state index >= 15 is 0 Å². The van der Waals surface area contributed by atoms with Crippen molar-refractivity contribution in [1.82, 2.24) is 29.9 Å². The van der Waals surface area contributed by atoms with E-state index in [4.69, 9.17) is 20.3 Å². The number of pyridine rings is 6. The third kappa shape index (κ3) is 42.3. The summed E-state index contributed by atoms with van der Waals surface area (Å²) in [6, 6.07) is 131. The molecular formula is C117H106Ir6N6O6-6. The molecule has 0 saturated heterocycles. The number of ketones is 3. The third-order valence-corrected chi connectivity index (χ3v) is 18.8. The van der Waals surface area contributed by atoms with Crippen LogP contribution in [0, 0.1) is 77.9 Å². The average molecular weight is 2850 g/mol. The smallest absolute Gasteiger partial charge is 0.155 e. The van der Waals surface area contributed by atoms with Crippen LogP contribution in [0.1, 0.15) is 87.4 Å². The van der Waals surface area contributed by atoms with Crippen LogP contribution in [0.25, 0.3) is 123 Å². The minimum atomic E-state index is -0.125. The maximum Gasteiger partial charge on any atom is 0.155 e. The fourth-order valence-electron chi connectivity index (χ4n) is 13.1. The van der Waals surface area contributed by atoms with Gasteiger partial charge in [-0.15, -0.1) is 213 Å². The van der Waals surface area contributed by atoms with Gasteiger partial charge in [-0.05, 0) is 185 Å². The molecule has 0 unspecified atom stereocenters. The Bertz CT molecular complexity index is 6380. The van der Waals surface area contributed by atoms with Crippen LogP contribution in [-0.4, -0.2) is 62.6 Å². The first-order chi connectivity index (χ1) is 62.3. The van der Waals surface area contributed by atoms with Crippen LogP contribution in [0.3, 0.4) is 0 Å². The molecule has 6 aromatic heterocycles. The fraction of sp³-hybridized carbons (Fsp3) is 0.120. The van der Waals surface area contributed by atoms with E-state index in [1.54, 1.807) is 6.20 Å². The van der Waals surface area contributed by atoms with E-state index in [1.807, 2.05) is 183 Å². The van der Waals surface area contributed by atoms with Crippen molar-refractivity contribution in [3.05, 3.63) is 469 Å². The Balaban J connectivity index is 0.000000398. The third-order valence-electron chi connectivity index (χ3n) is 18.8. The molecule has 11 aromatic carbocycles. The molecule has 0 saturated carbocycles. The van der Waals surface area contributed by atoms with Gasteiger partial charge in [0, 0.05) is 170 Å². The Morgan fingerprint density at radius 1 is 0.274 bits per heavy atom. The second kappa shape index (κ2) is 63.4. The molecule has 0 atom stereocenters. The minimum Gasteiger partial charge on any atom is -0.512 e. The van der Waals surface area contributed by atoms with E-state index in [0.29, 0.717) is 0 Å². The van der Waals surface area contributed by atoms with Gasteiger partial charge in [0.25, 0.3) is 0 Å². The maximum absolute atomic E-state index is 10.0. The molecule has 0 aliphatic carbocycles. The molecule has 0 spiro atoms. The summed E-state index contributed by atoms with van der Waals surface area (Å²) in [5, 5.41) is 26.3. The van der Waals surface area contributed by atoms with Crippen molar-refractivity contribution in [2.45, 2.75) is 96.4 Å². The first-order valence-electron chi connectivity index (χ1n) is 42.2. The summed E-state index contributed by atoms with van der Waals surface area (Å²) in [6.45, 7) is 23.3. The van der Waals surface area contributed by atoms with E-state index in [1.165, 1.54) is 143 Å². The van der Waals surface area contributed by atoms with Crippen LogP contribution in [0.15, 0.2) is 394 Å². The number of carbonyl (C=O) groups is 3. The number of aromatic nitrogens is 6. The number of carbonyl (C=O) groups excluding carboxylic acids is 3. The van der Waals surface area contributed by atoms with Crippen molar-refractivity contribution in [3.63, 3.8) is 0 Å². The second-order valence-corrected chi connectivity index (χ2v) is 30.3. The number of allylic oxidation sites excluding steroid dienone is 6. The van der Waals surface area contributed by atoms with E-state index in [2.05, 4.69) is 280 Å². The second-order valence-electron chi connectivity index (χ2n) is 30.3. The van der Waals surface area contributed by atoms with Gasteiger partial charge in [-0.25, -0.2) is 0 Å². The van der Waals surface area contributed by atoms with Crippen LogP contribution in [-0.2, 0) is 141 Å². The van der Waals surface area contributed by atoms with Gasteiger partial charge < -0.3 is 40.2 Å². The summed E-state index contributed by atoms with van der Waals surface area (Å²) >= 11 is 0. The molecule has 17 aromatic rings. The summed E-state index contributed by atoms with van der Waals surface area (Å²) in [7, 11) is 0. The van der Waals surface area contributed by atoms with Gasteiger partial charge in [0.1, 0.15) is 0 Å². The van der Waals surface area contributed by atoms with Crippen molar-refractivity contribution in [1.29, 1.82) is 0 Å². The SMILES string of the molecule is CC(=O)C=C(C)O.CC(=O)C=C(C)O.CC(=O)C=C(C)O.CCc1ccnc(-c2[c-]ccc(-c3ccccc3)c2)c1.Cc1[c-]c(-c2ccc3ccccc3n2)cc(C)c1.Cc1cc(C)cc(-c2cc[c-]c(-c3ccccn3)c2)c1.Cc1ccc(-c2ccnc(-c3[c-]cccc3)c2)cc1.Cc1cccc(-c2ccnc(-c3[c-]cccc3)c2)c1.[Ir].[Ir].[Ir].[Ir].[Ir].[Ir].[c-]1ccccc1-c1ccccn1. The summed E-state index contributed by atoms with van der Waals surface area (Å²) in [4.78, 5) is 56.7. The number of hydrogen-bond donors (Lipinski definition) is 3. The predicted molar refractivity (Wildman–Crippen MR) is 529 cm³/mol. The molecule has 0 fully saturated rings. The van der Waals surface area contributed by atoms with Gasteiger partial charge in [-0.2, -0.15) is 0 Å². The van der Waals surface area contributed by atoms with Gasteiger partial charge in [0.2, 0.25) is 0 Å². The number of para-hydroxylation sites is 1. The summed E-state index contributed by atoms with van der Waals surface area (Å²) in [6.07, 6.45) is 13.7. The number of hydrogen-bond acceptors (Lipinski definition) is 12. The van der Waals surface area contributed by atoms with E-state index in [9.17, 15) is 14.4 Å². The molecule has 18 heteroatoms. The van der Waals surface area contributed by atoms with E-state index < -0.39 is 0 Å². The Hall–Kier alpha value is -11.9. The normalized spacial score (nSPS) is 10.1. The van der Waals surface area contributed by atoms with Crippen LogP contribution in [0.4, 0.5) is 0 Å². The summed E-state index contributed by atoms with van der Waals surface area (Å²) in [5.74, 6) is -0.187. The monoisotopic (exact) mass is 2850 g/mol. The molecule has 0 aliphatic heterocycles. The van der Waals surface area contributed by atoms with Crippen molar-refractivity contribution in [2.75, 3.05) is 0 Å². The molecule has 6 heterocycles. The van der Waals surface area contributed by atoms with E-state index in [0.717, 1.165) is 85.0 Å². The minimum absolute atomic E-state index is 0. The van der Waals surface area contributed by atoms with Gasteiger partial charge in [0.15, 0.2) is 17.3 Å². The zero-order chi connectivity index (χ0) is 92.2. The summed E-state index contributed by atoms with van der Waals surface area (Å²) in [5.41, 5.74) is 31.6. The Morgan fingerprint density at radius 2 is 0.667 bits per heavy atom. The molecule has 0 amide bonds. The molecule has 6 radical (unpaired) electrons. The number of benzene rings is 11. The molecule has 3 N–H and O–H groups in total. The number of aryl methyl sites for hydroxylation is 7. The number of rotatable bonds is 14. The molecule has 0 aliphatic rings. The molecule has 135 heavy (non-hydrogen) atoms. The Kier molecular flexibility index (Phi) is 55.1. The van der Waals surface area contributed by atoms with Crippen LogP contribution >= 0.6 is 0 Å². The van der Waals surface area contributed by atoms with Gasteiger partial charge >= 0.3 is 0 Å². The molecule has 12 nitrogen and oxygen atoms in total. The van der Waals surface area contributed by atoms with Crippen LogP contribution in [0.5, 0.6) is 0 Å². The van der Waals surface area contributed by atoms with Gasteiger partial charge in [-0.3, -0.25) is 19.4 Å². The van der Waals surface area contributed by atoms with Crippen LogP contribution in [0.2, 0.25) is 0 Å². The molecule has 0 bridgehead atoms. The average Bonchev–Trinajstić information content (AvgIpc) is 0.851. The maximum atomic E-state index is 10.0. The van der Waals surface area contributed by atoms with Crippen molar-refractivity contribution in [2.24, 2.45) is 0 Å². The molecular weight excluding hydrogens is 2740 g/mol. The zero-order valence-electron chi connectivity index (χ0n) is 77.3. The van der Waals surface area contributed by atoms with Gasteiger partial charge in [0.05, 0.1) is 22.8 Å². The zero-order valence-corrected chi connectivity index (χ0v) is 91.6. The first kappa shape index (κ1) is 117. The molecule has 700 valence electrons.